The molecule has 4 heteroatoms. The second kappa shape index (κ2) is 23.1. The van der Waals surface area contributed by atoms with Crippen molar-refractivity contribution in [3.8, 4) is 0 Å². The van der Waals surface area contributed by atoms with Crippen molar-refractivity contribution in [3.05, 3.63) is 30.3 Å². The monoisotopic (exact) mass is 301 g/mol. The van der Waals surface area contributed by atoms with Gasteiger partial charge in [-0.1, -0.05) is 59.2 Å². The number of hydrogen-bond acceptors (Lipinski definition) is 3. The van der Waals surface area contributed by atoms with E-state index in [2.05, 4.69) is 26.5 Å². The Morgan fingerprint density at radius 2 is 1.60 bits per heavy atom. The molecule has 1 aromatic rings. The SMILES string of the molecule is CC.CCC.CCCOCC(N)=O.Sc1ccccc1. The quantitative estimate of drug-likeness (QED) is 0.643. The Hall–Kier alpha value is -1.00. The van der Waals surface area contributed by atoms with Gasteiger partial charge in [-0.25, -0.2) is 0 Å². The fraction of sp³-hybridized carbons (Fsp3) is 0.562. The number of amides is 1. The highest BCUT2D eigenvalue weighted by atomic mass is 32.1. The van der Waals surface area contributed by atoms with Crippen LogP contribution in [-0.4, -0.2) is 19.1 Å². The second-order valence-corrected chi connectivity index (χ2v) is 4.08. The molecule has 0 radical (unpaired) electrons. The molecule has 0 aliphatic carbocycles. The first-order chi connectivity index (χ1) is 9.58. The standard InChI is InChI=1S/C6H6S.C5H11NO2.C3H8.C2H6/c7-6-4-2-1-3-5-6;1-2-3-8-4-5(6)7;1-3-2;1-2/h1-5,7H;2-4H2,1H3,(H2,6,7);3H2,1-2H3;1-2H3. The lowest BCUT2D eigenvalue weighted by molar-refractivity contribution is -0.122. The first kappa shape index (κ1) is 24.0. The molecule has 0 unspecified atom stereocenters. The molecule has 0 atom stereocenters. The molecule has 0 aromatic heterocycles. The number of hydrogen-bond donors (Lipinski definition) is 2. The van der Waals surface area contributed by atoms with Crippen LogP contribution in [0.15, 0.2) is 35.2 Å². The maximum absolute atomic E-state index is 9.97. The summed E-state index contributed by atoms with van der Waals surface area (Å²) in [4.78, 5) is 11.0. The minimum atomic E-state index is -0.404. The van der Waals surface area contributed by atoms with Crippen molar-refractivity contribution in [2.75, 3.05) is 13.2 Å². The van der Waals surface area contributed by atoms with Gasteiger partial charge in [-0.05, 0) is 18.6 Å². The Bertz CT molecular complexity index is 279. The number of rotatable bonds is 4. The third-order valence-electron chi connectivity index (χ3n) is 1.35. The van der Waals surface area contributed by atoms with Crippen LogP contribution in [0, 0.1) is 0 Å². The van der Waals surface area contributed by atoms with E-state index in [1.54, 1.807) is 0 Å². The van der Waals surface area contributed by atoms with Crippen molar-refractivity contribution in [1.82, 2.24) is 0 Å². The molecule has 0 bridgehead atoms. The third kappa shape index (κ3) is 30.2. The third-order valence-corrected chi connectivity index (χ3v) is 1.65. The van der Waals surface area contributed by atoms with E-state index in [1.807, 2.05) is 51.1 Å². The molecular formula is C16H31NO2S. The highest BCUT2D eigenvalue weighted by molar-refractivity contribution is 7.80. The Morgan fingerprint density at radius 1 is 1.15 bits per heavy atom. The van der Waals surface area contributed by atoms with Crippen LogP contribution < -0.4 is 5.73 Å². The fourth-order valence-corrected chi connectivity index (χ4v) is 0.917. The summed E-state index contributed by atoms with van der Waals surface area (Å²) in [7, 11) is 0. The van der Waals surface area contributed by atoms with Gasteiger partial charge in [0, 0.05) is 11.5 Å². The van der Waals surface area contributed by atoms with Gasteiger partial charge in [0.2, 0.25) is 5.91 Å². The van der Waals surface area contributed by atoms with Crippen LogP contribution in [-0.2, 0) is 9.53 Å². The van der Waals surface area contributed by atoms with E-state index >= 15 is 0 Å². The minimum absolute atomic E-state index is 0.0494. The van der Waals surface area contributed by atoms with E-state index in [9.17, 15) is 4.79 Å². The molecule has 20 heavy (non-hydrogen) atoms. The molecule has 0 saturated heterocycles. The lowest BCUT2D eigenvalue weighted by Gasteiger charge is -1.94. The summed E-state index contributed by atoms with van der Waals surface area (Å²) in [5, 5.41) is 0. The fourth-order valence-electron chi connectivity index (χ4n) is 0.745. The molecule has 0 aliphatic heterocycles. The van der Waals surface area contributed by atoms with E-state index in [1.165, 1.54) is 6.42 Å². The average Bonchev–Trinajstić information content (AvgIpc) is 2.43. The van der Waals surface area contributed by atoms with Crippen molar-refractivity contribution in [1.29, 1.82) is 0 Å². The van der Waals surface area contributed by atoms with Gasteiger partial charge in [0.15, 0.2) is 0 Å². The first-order valence-corrected chi connectivity index (χ1v) is 7.63. The second-order valence-electron chi connectivity index (χ2n) is 3.56. The van der Waals surface area contributed by atoms with E-state index in [4.69, 9.17) is 10.5 Å². The molecule has 0 saturated carbocycles. The van der Waals surface area contributed by atoms with Crippen LogP contribution in [0.2, 0.25) is 0 Å². The molecule has 0 aliphatic rings. The molecular weight excluding hydrogens is 270 g/mol. The summed E-state index contributed by atoms with van der Waals surface area (Å²) in [5.41, 5.74) is 4.77. The molecule has 1 aromatic carbocycles. The lowest BCUT2D eigenvalue weighted by atomic mass is 10.4. The van der Waals surface area contributed by atoms with Gasteiger partial charge < -0.3 is 10.5 Å². The minimum Gasteiger partial charge on any atom is -0.372 e. The maximum atomic E-state index is 9.97. The lowest BCUT2D eigenvalue weighted by Crippen LogP contribution is -2.18. The molecule has 3 nitrogen and oxygen atoms in total. The van der Waals surface area contributed by atoms with Crippen LogP contribution in [0.5, 0.6) is 0 Å². The zero-order valence-electron chi connectivity index (χ0n) is 13.6. The van der Waals surface area contributed by atoms with Gasteiger partial charge >= 0.3 is 0 Å². The Balaban J connectivity index is -0.000000220. The highest BCUT2D eigenvalue weighted by Crippen LogP contribution is 2.00. The van der Waals surface area contributed by atoms with Crippen molar-refractivity contribution in [2.24, 2.45) is 5.73 Å². The van der Waals surface area contributed by atoms with Crippen molar-refractivity contribution in [2.45, 2.75) is 52.4 Å². The molecule has 1 amide bonds. The Labute approximate surface area is 130 Å². The van der Waals surface area contributed by atoms with E-state index < -0.39 is 5.91 Å². The number of ether oxygens (including phenoxy) is 1. The Kier molecular flexibility index (Phi) is 27.8. The normalized spacial score (nSPS) is 7.90. The number of benzene rings is 1. The maximum Gasteiger partial charge on any atom is 0.243 e. The van der Waals surface area contributed by atoms with Crippen LogP contribution in [0.25, 0.3) is 0 Å². The summed E-state index contributed by atoms with van der Waals surface area (Å²) in [6.07, 6.45) is 2.17. The highest BCUT2D eigenvalue weighted by Gasteiger charge is 1.89. The van der Waals surface area contributed by atoms with Crippen LogP contribution in [0.4, 0.5) is 0 Å². The van der Waals surface area contributed by atoms with Gasteiger partial charge in [0.1, 0.15) is 6.61 Å². The summed E-state index contributed by atoms with van der Waals surface area (Å²) in [6, 6.07) is 9.79. The largest absolute Gasteiger partial charge is 0.372 e. The van der Waals surface area contributed by atoms with E-state index in [0.717, 1.165) is 11.3 Å². The molecule has 1 rings (SSSR count). The number of primary amides is 1. The van der Waals surface area contributed by atoms with Gasteiger partial charge in [-0.3, -0.25) is 4.79 Å². The van der Waals surface area contributed by atoms with Crippen molar-refractivity contribution in [3.63, 3.8) is 0 Å². The van der Waals surface area contributed by atoms with Crippen molar-refractivity contribution < 1.29 is 9.53 Å². The predicted molar refractivity (Wildman–Crippen MR) is 91.3 cm³/mol. The summed E-state index contributed by atoms with van der Waals surface area (Å²) < 4.78 is 4.77. The van der Waals surface area contributed by atoms with Crippen LogP contribution >= 0.6 is 12.6 Å². The predicted octanol–water partition coefficient (Wildman–Crippen LogP) is 4.32. The molecule has 0 fully saturated rings. The van der Waals surface area contributed by atoms with Crippen LogP contribution in [0.1, 0.15) is 47.5 Å². The molecule has 118 valence electrons. The van der Waals surface area contributed by atoms with Gasteiger partial charge in [-0.15, -0.1) is 12.6 Å². The van der Waals surface area contributed by atoms with Crippen LogP contribution in [0.3, 0.4) is 0 Å². The Morgan fingerprint density at radius 3 is 1.85 bits per heavy atom. The van der Waals surface area contributed by atoms with E-state index in [0.29, 0.717) is 6.61 Å². The van der Waals surface area contributed by atoms with Gasteiger partial charge in [-0.2, -0.15) is 0 Å². The average molecular weight is 301 g/mol. The zero-order chi connectivity index (χ0) is 16.2. The van der Waals surface area contributed by atoms with Gasteiger partial charge in [0.05, 0.1) is 0 Å². The molecule has 0 heterocycles. The summed E-state index contributed by atoms with van der Waals surface area (Å²) in [5.74, 6) is -0.404. The number of carbonyl (C=O) groups excluding carboxylic acids is 1. The topological polar surface area (TPSA) is 52.3 Å². The van der Waals surface area contributed by atoms with Gasteiger partial charge in [0.25, 0.3) is 0 Å². The molecule has 2 N–H and O–H groups in total. The molecule has 0 spiro atoms. The summed E-state index contributed by atoms with van der Waals surface area (Å²) >= 11 is 4.08. The first-order valence-electron chi connectivity index (χ1n) is 7.18. The van der Waals surface area contributed by atoms with E-state index in [-0.39, 0.29) is 6.61 Å². The smallest absolute Gasteiger partial charge is 0.243 e. The zero-order valence-corrected chi connectivity index (χ0v) is 14.5. The number of thiol groups is 1. The van der Waals surface area contributed by atoms with Crippen molar-refractivity contribution >= 4 is 18.5 Å². The number of carbonyl (C=O) groups is 1. The number of nitrogens with two attached hydrogens (primary N) is 1. The summed E-state index contributed by atoms with van der Waals surface area (Å²) in [6.45, 7) is 10.9.